The van der Waals surface area contributed by atoms with Gasteiger partial charge in [-0.05, 0) is 25.0 Å². The van der Waals surface area contributed by atoms with Gasteiger partial charge in [-0.2, -0.15) is 0 Å². The highest BCUT2D eigenvalue weighted by molar-refractivity contribution is 5.77. The molecule has 4 nitrogen and oxygen atoms in total. The summed E-state index contributed by atoms with van der Waals surface area (Å²) < 4.78 is 5.62. The lowest BCUT2D eigenvalue weighted by atomic mass is 10.1. The van der Waals surface area contributed by atoms with Crippen molar-refractivity contribution in [2.24, 2.45) is 0 Å². The molecule has 0 unspecified atom stereocenters. The largest absolute Gasteiger partial charge is 0.493 e. The van der Waals surface area contributed by atoms with Crippen LogP contribution in [-0.4, -0.2) is 41.7 Å². The van der Waals surface area contributed by atoms with Gasteiger partial charge in [0.05, 0.1) is 12.7 Å². The number of β-amino-alcohol motifs (C(OH)–C–C–N with tert-alkyl or cyclic N) is 1. The Morgan fingerprint density at radius 2 is 2.17 bits per heavy atom. The number of aryl methyl sites for hydroxylation is 1. The predicted molar refractivity (Wildman–Crippen MR) is 68.5 cm³/mol. The Bertz CT molecular complexity index is 413. The third kappa shape index (κ3) is 3.23. The zero-order valence-corrected chi connectivity index (χ0v) is 10.6. The van der Waals surface area contributed by atoms with E-state index in [0.717, 1.165) is 11.3 Å². The molecule has 1 amide bonds. The predicted octanol–water partition coefficient (Wildman–Crippen LogP) is 1.36. The minimum absolute atomic E-state index is 0.105. The summed E-state index contributed by atoms with van der Waals surface area (Å²) in [5.41, 5.74) is 1.11. The van der Waals surface area contributed by atoms with E-state index < -0.39 is 0 Å². The number of carbonyl (C=O) groups excluding carboxylic acids is 1. The molecule has 0 saturated carbocycles. The molecule has 0 atom stereocenters. The van der Waals surface area contributed by atoms with Gasteiger partial charge in [0.25, 0.3) is 0 Å². The van der Waals surface area contributed by atoms with Crippen molar-refractivity contribution in [2.45, 2.75) is 25.9 Å². The van der Waals surface area contributed by atoms with Crippen molar-refractivity contribution in [3.8, 4) is 5.75 Å². The normalized spacial score (nSPS) is 15.3. The molecule has 0 aromatic heterocycles. The molecule has 0 aliphatic carbocycles. The third-order valence-corrected chi connectivity index (χ3v) is 3.10. The van der Waals surface area contributed by atoms with Crippen LogP contribution in [0.2, 0.25) is 0 Å². The summed E-state index contributed by atoms with van der Waals surface area (Å²) >= 11 is 0. The molecular formula is C14H19NO3. The highest BCUT2D eigenvalue weighted by Gasteiger charge is 2.27. The second kappa shape index (κ2) is 5.87. The van der Waals surface area contributed by atoms with Crippen LogP contribution >= 0.6 is 0 Å². The molecule has 1 aliphatic rings. The second-order valence-corrected chi connectivity index (χ2v) is 4.67. The summed E-state index contributed by atoms with van der Waals surface area (Å²) in [5, 5.41) is 9.10. The Kier molecular flexibility index (Phi) is 4.20. The molecule has 1 saturated heterocycles. The molecule has 0 spiro atoms. The van der Waals surface area contributed by atoms with Gasteiger partial charge in [-0.3, -0.25) is 4.79 Å². The van der Waals surface area contributed by atoms with Gasteiger partial charge in [-0.25, -0.2) is 0 Å². The van der Waals surface area contributed by atoms with Crippen molar-refractivity contribution >= 4 is 5.91 Å². The highest BCUT2D eigenvalue weighted by atomic mass is 16.5. The summed E-state index contributed by atoms with van der Waals surface area (Å²) in [5.74, 6) is 0.984. The Morgan fingerprint density at radius 3 is 2.83 bits per heavy atom. The highest BCUT2D eigenvalue weighted by Crippen LogP contribution is 2.16. The van der Waals surface area contributed by atoms with E-state index in [0.29, 0.717) is 32.5 Å². The average molecular weight is 249 g/mol. The number of ether oxygens (including phenoxy) is 1. The lowest BCUT2D eigenvalue weighted by Crippen LogP contribution is -2.53. The van der Waals surface area contributed by atoms with Crippen LogP contribution in [0.3, 0.4) is 0 Å². The number of hydrogen-bond acceptors (Lipinski definition) is 3. The summed E-state index contributed by atoms with van der Waals surface area (Å²) in [7, 11) is 0. The van der Waals surface area contributed by atoms with Gasteiger partial charge in [-0.15, -0.1) is 0 Å². The zero-order valence-electron chi connectivity index (χ0n) is 10.6. The van der Waals surface area contributed by atoms with Crippen LogP contribution in [0.5, 0.6) is 5.75 Å². The summed E-state index contributed by atoms with van der Waals surface area (Å²) in [6.07, 6.45) is 0.871. The van der Waals surface area contributed by atoms with Gasteiger partial charge >= 0.3 is 0 Å². The van der Waals surface area contributed by atoms with E-state index >= 15 is 0 Å². The maximum atomic E-state index is 11.6. The first-order valence-corrected chi connectivity index (χ1v) is 6.31. The molecule has 0 radical (unpaired) electrons. The van der Waals surface area contributed by atoms with Gasteiger partial charge in [0, 0.05) is 19.5 Å². The Balaban J connectivity index is 1.64. The molecule has 1 aromatic carbocycles. The lowest BCUT2D eigenvalue weighted by molar-refractivity contribution is -0.141. The number of aliphatic hydroxyl groups is 1. The van der Waals surface area contributed by atoms with Crippen LogP contribution < -0.4 is 4.74 Å². The van der Waals surface area contributed by atoms with Gasteiger partial charge in [-0.1, -0.05) is 18.2 Å². The summed E-state index contributed by atoms with van der Waals surface area (Å²) in [6, 6.07) is 7.85. The van der Waals surface area contributed by atoms with Crippen LogP contribution in [0.1, 0.15) is 18.4 Å². The number of carbonyl (C=O) groups is 1. The van der Waals surface area contributed by atoms with Crippen molar-refractivity contribution in [3.63, 3.8) is 0 Å². The number of nitrogens with zero attached hydrogens (tertiary/aromatic N) is 1. The number of aliphatic hydroxyl groups excluding tert-OH is 1. The van der Waals surface area contributed by atoms with E-state index in [1.807, 2.05) is 31.2 Å². The molecule has 1 aliphatic heterocycles. The van der Waals surface area contributed by atoms with Crippen molar-refractivity contribution in [1.29, 1.82) is 0 Å². The molecular weight excluding hydrogens is 230 g/mol. The maximum absolute atomic E-state index is 11.6. The van der Waals surface area contributed by atoms with Gasteiger partial charge in [0.15, 0.2) is 0 Å². The van der Waals surface area contributed by atoms with Crippen LogP contribution in [-0.2, 0) is 4.79 Å². The van der Waals surface area contributed by atoms with E-state index in [1.54, 1.807) is 4.90 Å². The summed E-state index contributed by atoms with van der Waals surface area (Å²) in [6.45, 7) is 3.52. The third-order valence-electron chi connectivity index (χ3n) is 3.10. The number of hydrogen-bond donors (Lipinski definition) is 1. The number of likely N-dealkylation sites (tertiary alicyclic amines) is 1. The Morgan fingerprint density at radius 1 is 1.44 bits per heavy atom. The van der Waals surface area contributed by atoms with E-state index in [-0.39, 0.29) is 12.0 Å². The van der Waals surface area contributed by atoms with Crippen LogP contribution in [0.15, 0.2) is 24.3 Å². The number of rotatable bonds is 5. The molecule has 4 heteroatoms. The first kappa shape index (κ1) is 12.9. The minimum Gasteiger partial charge on any atom is -0.493 e. The van der Waals surface area contributed by atoms with E-state index in [4.69, 9.17) is 9.84 Å². The first-order chi connectivity index (χ1) is 8.66. The van der Waals surface area contributed by atoms with Crippen LogP contribution in [0, 0.1) is 6.92 Å². The van der Waals surface area contributed by atoms with Gasteiger partial charge in [0.2, 0.25) is 5.91 Å². The molecule has 1 N–H and O–H groups in total. The Labute approximate surface area is 107 Å². The zero-order chi connectivity index (χ0) is 13.0. The molecule has 1 aromatic rings. The number of benzene rings is 1. The van der Waals surface area contributed by atoms with Gasteiger partial charge < -0.3 is 14.7 Å². The maximum Gasteiger partial charge on any atom is 0.222 e. The van der Waals surface area contributed by atoms with E-state index in [9.17, 15) is 4.79 Å². The van der Waals surface area contributed by atoms with Crippen molar-refractivity contribution in [2.75, 3.05) is 19.7 Å². The monoisotopic (exact) mass is 249 g/mol. The van der Waals surface area contributed by atoms with Crippen LogP contribution in [0.25, 0.3) is 0 Å². The molecule has 98 valence electrons. The second-order valence-electron chi connectivity index (χ2n) is 4.67. The molecule has 1 heterocycles. The van der Waals surface area contributed by atoms with Crippen molar-refractivity contribution in [3.05, 3.63) is 29.8 Å². The smallest absolute Gasteiger partial charge is 0.222 e. The fraction of sp³-hybridized carbons (Fsp3) is 0.500. The van der Waals surface area contributed by atoms with Crippen molar-refractivity contribution < 1.29 is 14.6 Å². The standard InChI is InChI=1S/C14H19NO3/c1-11-5-2-3-6-13(11)18-8-4-7-14(17)15-9-12(16)10-15/h2-3,5-6,12,16H,4,7-10H2,1H3. The van der Waals surface area contributed by atoms with Gasteiger partial charge in [0.1, 0.15) is 5.75 Å². The lowest BCUT2D eigenvalue weighted by Gasteiger charge is -2.35. The van der Waals surface area contributed by atoms with Crippen molar-refractivity contribution in [1.82, 2.24) is 4.90 Å². The molecule has 2 rings (SSSR count). The molecule has 0 bridgehead atoms. The number of amides is 1. The summed E-state index contributed by atoms with van der Waals surface area (Å²) in [4.78, 5) is 13.3. The van der Waals surface area contributed by atoms with E-state index in [2.05, 4.69) is 0 Å². The fourth-order valence-electron chi connectivity index (χ4n) is 1.94. The minimum atomic E-state index is -0.322. The molecule has 18 heavy (non-hydrogen) atoms. The fourth-order valence-corrected chi connectivity index (χ4v) is 1.94. The topological polar surface area (TPSA) is 49.8 Å². The number of para-hydroxylation sites is 1. The first-order valence-electron chi connectivity index (χ1n) is 6.31. The molecule has 1 fully saturated rings. The SMILES string of the molecule is Cc1ccccc1OCCCC(=O)N1CC(O)C1. The quantitative estimate of drug-likeness (QED) is 0.802. The van der Waals surface area contributed by atoms with E-state index in [1.165, 1.54) is 0 Å². The van der Waals surface area contributed by atoms with Crippen LogP contribution in [0.4, 0.5) is 0 Å². The Hall–Kier alpha value is -1.55. The average Bonchev–Trinajstić information content (AvgIpc) is 2.32.